The molecule has 0 radical (unpaired) electrons. The zero-order valence-corrected chi connectivity index (χ0v) is 12.1. The molecular weight excluding hydrogens is 296 g/mol. The number of hydrogen-bond acceptors (Lipinski definition) is 3. The number of halogens is 1. The summed E-state index contributed by atoms with van der Waals surface area (Å²) in [5.74, 6) is 1.32. The van der Waals surface area contributed by atoms with E-state index < -0.39 is 0 Å². The Morgan fingerprint density at radius 2 is 2.24 bits per heavy atom. The number of nitrogens with one attached hydrogen (secondary N) is 1. The van der Waals surface area contributed by atoms with Gasteiger partial charge in [0, 0.05) is 15.1 Å². The van der Waals surface area contributed by atoms with Crippen LogP contribution in [-0.2, 0) is 0 Å². The Hall–Kier alpha value is -0.500. The molecule has 0 spiro atoms. The van der Waals surface area contributed by atoms with E-state index in [-0.39, 0.29) is 5.54 Å². The van der Waals surface area contributed by atoms with Gasteiger partial charge in [-0.1, -0.05) is 12.1 Å². The van der Waals surface area contributed by atoms with E-state index in [4.69, 9.17) is 0 Å². The standard InChI is InChI=1S/C13H15BrN2S/c1-16-13(8-15,10-6-7-10)9-17-12-5-3-2-4-11(12)14/h2-5,10,16H,6-7,9H2,1H3. The van der Waals surface area contributed by atoms with Crippen LogP contribution >= 0.6 is 27.7 Å². The fourth-order valence-electron chi connectivity index (χ4n) is 1.90. The summed E-state index contributed by atoms with van der Waals surface area (Å²) in [5, 5.41) is 12.6. The summed E-state index contributed by atoms with van der Waals surface area (Å²) in [5.41, 5.74) is -0.361. The van der Waals surface area contributed by atoms with Gasteiger partial charge in [0.15, 0.2) is 0 Å². The fraction of sp³-hybridized carbons (Fsp3) is 0.462. The van der Waals surface area contributed by atoms with Crippen LogP contribution in [0.4, 0.5) is 0 Å². The maximum absolute atomic E-state index is 9.40. The van der Waals surface area contributed by atoms with E-state index in [1.165, 1.54) is 17.7 Å². The predicted octanol–water partition coefficient (Wildman–Crippen LogP) is 3.43. The van der Waals surface area contributed by atoms with Gasteiger partial charge in [0.05, 0.1) is 6.07 Å². The molecule has 0 bridgehead atoms. The minimum atomic E-state index is -0.361. The number of nitrogens with zero attached hydrogens (tertiary/aromatic N) is 1. The SMILES string of the molecule is CNC(C#N)(CSc1ccccc1Br)C1CC1. The van der Waals surface area contributed by atoms with Gasteiger partial charge in [0.1, 0.15) is 5.54 Å². The fourth-order valence-corrected chi connectivity index (χ4v) is 3.74. The van der Waals surface area contributed by atoms with Crippen molar-refractivity contribution in [1.82, 2.24) is 5.32 Å². The largest absolute Gasteiger partial charge is 0.302 e. The molecule has 2 rings (SSSR count). The zero-order valence-electron chi connectivity index (χ0n) is 9.74. The second kappa shape index (κ2) is 5.43. The molecule has 0 saturated heterocycles. The van der Waals surface area contributed by atoms with Gasteiger partial charge in [0.25, 0.3) is 0 Å². The van der Waals surface area contributed by atoms with Gasteiger partial charge in [0.2, 0.25) is 0 Å². The van der Waals surface area contributed by atoms with Crippen LogP contribution in [0, 0.1) is 17.2 Å². The molecule has 1 aromatic rings. The second-order valence-electron chi connectivity index (χ2n) is 4.33. The highest BCUT2D eigenvalue weighted by Crippen LogP contribution is 2.42. The molecule has 17 heavy (non-hydrogen) atoms. The highest BCUT2D eigenvalue weighted by molar-refractivity contribution is 9.10. The van der Waals surface area contributed by atoms with Gasteiger partial charge in [-0.25, -0.2) is 0 Å². The molecule has 4 heteroatoms. The molecule has 0 aliphatic heterocycles. The first-order valence-electron chi connectivity index (χ1n) is 5.69. The van der Waals surface area contributed by atoms with Gasteiger partial charge in [-0.15, -0.1) is 11.8 Å². The smallest absolute Gasteiger partial charge is 0.118 e. The lowest BCUT2D eigenvalue weighted by Crippen LogP contribution is -2.46. The third-order valence-corrected chi connectivity index (χ3v) is 5.43. The molecule has 1 aliphatic rings. The molecule has 1 unspecified atom stereocenters. The van der Waals surface area contributed by atoms with Crippen molar-refractivity contribution in [2.75, 3.05) is 12.8 Å². The molecule has 1 saturated carbocycles. The van der Waals surface area contributed by atoms with Gasteiger partial charge in [-0.3, -0.25) is 0 Å². The molecule has 0 heterocycles. The maximum atomic E-state index is 9.40. The Bertz CT molecular complexity index is 439. The van der Waals surface area contributed by atoms with E-state index in [0.717, 1.165) is 10.2 Å². The van der Waals surface area contributed by atoms with Crippen molar-refractivity contribution in [3.8, 4) is 6.07 Å². The number of nitriles is 1. The average molecular weight is 311 g/mol. The summed E-state index contributed by atoms with van der Waals surface area (Å²) < 4.78 is 1.10. The number of hydrogen-bond donors (Lipinski definition) is 1. The van der Waals surface area contributed by atoms with E-state index in [0.29, 0.717) is 5.92 Å². The molecule has 0 aromatic heterocycles. The molecule has 1 aromatic carbocycles. The first kappa shape index (κ1) is 12.9. The van der Waals surface area contributed by atoms with Crippen molar-refractivity contribution in [2.24, 2.45) is 5.92 Å². The van der Waals surface area contributed by atoms with Crippen LogP contribution < -0.4 is 5.32 Å². The Kier molecular flexibility index (Phi) is 4.13. The van der Waals surface area contributed by atoms with Crippen molar-refractivity contribution < 1.29 is 0 Å². The van der Waals surface area contributed by atoms with Gasteiger partial charge in [-0.05, 0) is 53.9 Å². The van der Waals surface area contributed by atoms with Crippen LogP contribution in [0.1, 0.15) is 12.8 Å². The highest BCUT2D eigenvalue weighted by atomic mass is 79.9. The molecule has 1 atom stereocenters. The van der Waals surface area contributed by atoms with Crippen LogP contribution in [0.2, 0.25) is 0 Å². The van der Waals surface area contributed by atoms with Crippen molar-refractivity contribution in [3.05, 3.63) is 28.7 Å². The number of thioether (sulfide) groups is 1. The summed E-state index contributed by atoms with van der Waals surface area (Å²) in [4.78, 5) is 1.20. The van der Waals surface area contributed by atoms with E-state index >= 15 is 0 Å². The molecule has 1 aliphatic carbocycles. The predicted molar refractivity (Wildman–Crippen MR) is 75.0 cm³/mol. The summed E-state index contributed by atoms with van der Waals surface area (Å²) in [6, 6.07) is 10.6. The summed E-state index contributed by atoms with van der Waals surface area (Å²) in [6.45, 7) is 0. The maximum Gasteiger partial charge on any atom is 0.118 e. The van der Waals surface area contributed by atoms with Crippen molar-refractivity contribution >= 4 is 27.7 Å². The first-order valence-corrected chi connectivity index (χ1v) is 7.47. The normalized spacial score (nSPS) is 18.4. The quantitative estimate of drug-likeness (QED) is 0.846. The van der Waals surface area contributed by atoms with Crippen LogP contribution in [0.15, 0.2) is 33.6 Å². The van der Waals surface area contributed by atoms with Crippen LogP contribution in [0.5, 0.6) is 0 Å². The van der Waals surface area contributed by atoms with Crippen LogP contribution in [0.25, 0.3) is 0 Å². The first-order chi connectivity index (χ1) is 8.22. The molecule has 90 valence electrons. The van der Waals surface area contributed by atoms with Crippen molar-refractivity contribution in [1.29, 1.82) is 5.26 Å². The highest BCUT2D eigenvalue weighted by Gasteiger charge is 2.44. The van der Waals surface area contributed by atoms with Gasteiger partial charge >= 0.3 is 0 Å². The molecule has 2 nitrogen and oxygen atoms in total. The average Bonchev–Trinajstić information content (AvgIpc) is 3.18. The minimum Gasteiger partial charge on any atom is -0.302 e. The lowest BCUT2D eigenvalue weighted by molar-refractivity contribution is 0.441. The summed E-state index contributed by atoms with van der Waals surface area (Å²) >= 11 is 5.28. The Balaban J connectivity index is 2.06. The minimum absolute atomic E-state index is 0.361. The molecule has 1 fully saturated rings. The number of rotatable bonds is 5. The monoisotopic (exact) mass is 310 g/mol. The molecule has 1 N–H and O–H groups in total. The summed E-state index contributed by atoms with van der Waals surface area (Å²) in [7, 11) is 1.89. The Labute approximate surface area is 115 Å². The topological polar surface area (TPSA) is 35.8 Å². The van der Waals surface area contributed by atoms with Gasteiger partial charge < -0.3 is 5.32 Å². The number of benzene rings is 1. The van der Waals surface area contributed by atoms with Crippen LogP contribution in [-0.4, -0.2) is 18.3 Å². The van der Waals surface area contributed by atoms with E-state index in [9.17, 15) is 5.26 Å². The van der Waals surface area contributed by atoms with Crippen LogP contribution in [0.3, 0.4) is 0 Å². The van der Waals surface area contributed by atoms with E-state index in [2.05, 4.69) is 33.4 Å². The second-order valence-corrected chi connectivity index (χ2v) is 6.20. The van der Waals surface area contributed by atoms with Crippen molar-refractivity contribution in [2.45, 2.75) is 23.3 Å². The third kappa shape index (κ3) is 2.85. The lowest BCUT2D eigenvalue weighted by atomic mass is 9.98. The zero-order chi connectivity index (χ0) is 12.3. The van der Waals surface area contributed by atoms with E-state index in [1.54, 1.807) is 11.8 Å². The molecular formula is C13H15BrN2S. The summed E-state index contributed by atoms with van der Waals surface area (Å²) in [6.07, 6.45) is 2.34. The van der Waals surface area contributed by atoms with Gasteiger partial charge in [-0.2, -0.15) is 5.26 Å². The Morgan fingerprint density at radius 1 is 1.53 bits per heavy atom. The lowest BCUT2D eigenvalue weighted by Gasteiger charge is -2.25. The van der Waals surface area contributed by atoms with Crippen molar-refractivity contribution in [3.63, 3.8) is 0 Å². The van der Waals surface area contributed by atoms with E-state index in [1.807, 2.05) is 25.2 Å². The third-order valence-electron chi connectivity index (χ3n) is 3.21. The molecule has 0 amide bonds. The Morgan fingerprint density at radius 3 is 2.76 bits per heavy atom.